The molecular formula is C37H66N2O11. The van der Waals surface area contributed by atoms with E-state index >= 15 is 0 Å². The van der Waals surface area contributed by atoms with Crippen molar-refractivity contribution in [2.75, 3.05) is 52.9 Å². The van der Waals surface area contributed by atoms with E-state index in [-0.39, 0.29) is 66.4 Å². The van der Waals surface area contributed by atoms with Gasteiger partial charge in [-0.3, -0.25) is 24.0 Å². The fourth-order valence-corrected chi connectivity index (χ4v) is 5.87. The van der Waals surface area contributed by atoms with Gasteiger partial charge in [0.05, 0.1) is 51.8 Å². The van der Waals surface area contributed by atoms with Gasteiger partial charge in [0.2, 0.25) is 5.91 Å². The van der Waals surface area contributed by atoms with E-state index in [1.165, 1.54) is 13.8 Å². The minimum Gasteiger partial charge on any atom is -0.463 e. The van der Waals surface area contributed by atoms with Crippen LogP contribution in [0, 0.1) is 11.8 Å². The van der Waals surface area contributed by atoms with Crippen LogP contribution in [-0.2, 0) is 52.4 Å². The monoisotopic (exact) mass is 714 g/mol. The summed E-state index contributed by atoms with van der Waals surface area (Å²) in [5.74, 6) is -0.0381. The number of ketones is 3. The van der Waals surface area contributed by atoms with Gasteiger partial charge in [0.25, 0.3) is 0 Å². The lowest BCUT2D eigenvalue weighted by atomic mass is 9.82. The summed E-state index contributed by atoms with van der Waals surface area (Å²) in [5.41, 5.74) is 5.95. The van der Waals surface area contributed by atoms with Gasteiger partial charge in [-0.15, -0.1) is 0 Å². The molecule has 0 aliphatic carbocycles. The van der Waals surface area contributed by atoms with Gasteiger partial charge in [0.15, 0.2) is 6.29 Å². The fourth-order valence-electron chi connectivity index (χ4n) is 5.87. The van der Waals surface area contributed by atoms with Crippen LogP contribution in [0.3, 0.4) is 0 Å². The highest BCUT2D eigenvalue weighted by Gasteiger charge is 2.43. The van der Waals surface area contributed by atoms with Crippen LogP contribution in [0.4, 0.5) is 0 Å². The third-order valence-corrected chi connectivity index (χ3v) is 9.17. The standard InChI is InChI=1S/C37H66N2O11/c1-7-10-31(42)13-16-37(38,17-14-32(43)11-8-2)18-15-33(44)12-9-19-45-20-21-46-22-23-47-24-25-48-36-35(39-29(5)40)28(4)27(3)34(50-36)26-49-30(6)41/h27-28,34-36H,7-26,38H2,1-6H3,(H,39,40). The Balaban J connectivity index is 2.22. The summed E-state index contributed by atoms with van der Waals surface area (Å²) < 4.78 is 33.9. The van der Waals surface area contributed by atoms with Gasteiger partial charge < -0.3 is 39.5 Å². The summed E-state index contributed by atoms with van der Waals surface area (Å²) in [6, 6.07) is -0.348. The summed E-state index contributed by atoms with van der Waals surface area (Å²) in [6.07, 6.45) is 5.14. The predicted molar refractivity (Wildman–Crippen MR) is 188 cm³/mol. The van der Waals surface area contributed by atoms with Gasteiger partial charge in [-0.1, -0.05) is 27.7 Å². The van der Waals surface area contributed by atoms with Crippen LogP contribution in [0.25, 0.3) is 0 Å². The number of rotatable bonds is 30. The van der Waals surface area contributed by atoms with Crippen molar-refractivity contribution < 1.29 is 52.4 Å². The van der Waals surface area contributed by atoms with Crippen molar-refractivity contribution in [1.82, 2.24) is 5.32 Å². The van der Waals surface area contributed by atoms with Crippen LogP contribution in [0.1, 0.15) is 119 Å². The lowest BCUT2D eigenvalue weighted by Gasteiger charge is -2.44. The van der Waals surface area contributed by atoms with Gasteiger partial charge in [0.1, 0.15) is 24.0 Å². The Morgan fingerprint density at radius 2 is 1.16 bits per heavy atom. The predicted octanol–water partition coefficient (Wildman–Crippen LogP) is 4.24. The number of nitrogens with one attached hydrogen (secondary N) is 1. The molecule has 13 nitrogen and oxygen atoms in total. The summed E-state index contributed by atoms with van der Waals surface area (Å²) in [7, 11) is 0. The molecule has 1 aliphatic heterocycles. The number of nitrogens with two attached hydrogens (primary N) is 1. The average molecular weight is 715 g/mol. The van der Waals surface area contributed by atoms with E-state index in [4.69, 9.17) is 34.2 Å². The van der Waals surface area contributed by atoms with Crippen LogP contribution in [0.15, 0.2) is 0 Å². The van der Waals surface area contributed by atoms with Crippen molar-refractivity contribution in [2.45, 2.75) is 143 Å². The molecule has 0 bridgehead atoms. The van der Waals surface area contributed by atoms with Gasteiger partial charge in [-0.05, 0) is 50.4 Å². The number of amides is 1. The second-order valence-corrected chi connectivity index (χ2v) is 13.6. The SMILES string of the molecule is CCCC(=O)CCC(N)(CCC(=O)CCC)CCC(=O)CCCOCCOCCOCCOC1OC(COC(C)=O)C(C)C(C)C1NC(C)=O. The van der Waals surface area contributed by atoms with E-state index in [0.717, 1.165) is 12.8 Å². The Labute approximate surface area is 299 Å². The molecule has 13 heteroatoms. The highest BCUT2D eigenvalue weighted by Crippen LogP contribution is 2.32. The van der Waals surface area contributed by atoms with Crippen LogP contribution in [0.2, 0.25) is 0 Å². The third-order valence-electron chi connectivity index (χ3n) is 9.17. The Kier molecular flexibility index (Phi) is 24.2. The first-order valence-electron chi connectivity index (χ1n) is 18.6. The summed E-state index contributed by atoms with van der Waals surface area (Å²) in [6.45, 7) is 13.4. The molecule has 0 aromatic carbocycles. The van der Waals surface area contributed by atoms with E-state index in [2.05, 4.69) is 5.32 Å². The maximum Gasteiger partial charge on any atom is 0.302 e. The Bertz CT molecular complexity index is 984. The number of carbonyl (C=O) groups is 5. The maximum absolute atomic E-state index is 12.6. The van der Waals surface area contributed by atoms with Crippen molar-refractivity contribution >= 4 is 29.2 Å². The molecular weight excluding hydrogens is 648 g/mol. The second kappa shape index (κ2) is 26.5. The quantitative estimate of drug-likeness (QED) is 0.0800. The first-order valence-corrected chi connectivity index (χ1v) is 18.6. The van der Waals surface area contributed by atoms with E-state index in [1.54, 1.807) is 0 Å². The van der Waals surface area contributed by atoms with Gasteiger partial charge in [-0.2, -0.15) is 0 Å². The first-order chi connectivity index (χ1) is 23.8. The Hall–Kier alpha value is -2.29. The molecule has 1 aliphatic rings. The highest BCUT2D eigenvalue weighted by molar-refractivity contribution is 5.80. The normalized spacial score (nSPS) is 20.7. The minimum atomic E-state index is -0.702. The van der Waals surface area contributed by atoms with Crippen LogP contribution >= 0.6 is 0 Å². The molecule has 1 rings (SSSR count). The summed E-state index contributed by atoms with van der Waals surface area (Å²) >= 11 is 0. The number of esters is 1. The second-order valence-electron chi connectivity index (χ2n) is 13.6. The van der Waals surface area contributed by atoms with E-state index in [9.17, 15) is 24.0 Å². The molecule has 3 N–H and O–H groups in total. The lowest BCUT2D eigenvalue weighted by Crippen LogP contribution is -2.58. The van der Waals surface area contributed by atoms with Crippen LogP contribution in [-0.4, -0.2) is 106 Å². The molecule has 0 aromatic heterocycles. The zero-order valence-corrected chi connectivity index (χ0v) is 31.6. The van der Waals surface area contributed by atoms with Gasteiger partial charge in [0, 0.05) is 64.5 Å². The zero-order chi connectivity index (χ0) is 37.4. The van der Waals surface area contributed by atoms with E-state index in [0.29, 0.717) is 104 Å². The van der Waals surface area contributed by atoms with Crippen molar-refractivity contribution in [3.05, 3.63) is 0 Å². The summed E-state index contributed by atoms with van der Waals surface area (Å²) in [4.78, 5) is 59.8. The van der Waals surface area contributed by atoms with Gasteiger partial charge in [-0.25, -0.2) is 0 Å². The van der Waals surface area contributed by atoms with E-state index in [1.807, 2.05) is 27.7 Å². The number of ether oxygens (including phenoxy) is 6. The molecule has 0 spiro atoms. The van der Waals surface area contributed by atoms with Crippen LogP contribution in [0.5, 0.6) is 0 Å². The topological polar surface area (TPSA) is 179 Å². The van der Waals surface area contributed by atoms with Gasteiger partial charge >= 0.3 is 5.97 Å². The molecule has 1 fully saturated rings. The molecule has 1 heterocycles. The molecule has 1 amide bonds. The molecule has 0 aromatic rings. The lowest BCUT2D eigenvalue weighted by molar-refractivity contribution is -0.247. The molecule has 5 unspecified atom stereocenters. The summed E-state index contributed by atoms with van der Waals surface area (Å²) in [5, 5.41) is 2.92. The van der Waals surface area contributed by atoms with Crippen molar-refractivity contribution in [3.8, 4) is 0 Å². The number of hydrogen-bond acceptors (Lipinski definition) is 12. The Morgan fingerprint density at radius 3 is 1.64 bits per heavy atom. The molecule has 5 atom stereocenters. The van der Waals surface area contributed by atoms with Crippen molar-refractivity contribution in [1.29, 1.82) is 0 Å². The molecule has 0 saturated carbocycles. The molecule has 0 radical (unpaired) electrons. The first kappa shape index (κ1) is 45.7. The average Bonchev–Trinajstić information content (AvgIpc) is 3.06. The largest absolute Gasteiger partial charge is 0.463 e. The molecule has 50 heavy (non-hydrogen) atoms. The minimum absolute atomic E-state index is 0.0320. The van der Waals surface area contributed by atoms with Crippen molar-refractivity contribution in [3.63, 3.8) is 0 Å². The number of Topliss-reactive ketones (excluding diaryl/α,β-unsaturated/α-hetero) is 3. The fraction of sp³-hybridized carbons (Fsp3) is 0.865. The van der Waals surface area contributed by atoms with Crippen LogP contribution < -0.4 is 11.1 Å². The smallest absolute Gasteiger partial charge is 0.302 e. The number of carbonyl (C=O) groups excluding carboxylic acids is 5. The van der Waals surface area contributed by atoms with Crippen molar-refractivity contribution in [2.24, 2.45) is 17.6 Å². The number of hydrogen-bond donors (Lipinski definition) is 2. The Morgan fingerprint density at radius 1 is 0.680 bits per heavy atom. The van der Waals surface area contributed by atoms with E-state index < -0.39 is 11.8 Å². The molecule has 1 saturated heterocycles. The highest BCUT2D eigenvalue weighted by atomic mass is 16.7. The molecule has 290 valence electrons. The third kappa shape index (κ3) is 20.5. The zero-order valence-electron chi connectivity index (χ0n) is 31.6. The maximum atomic E-state index is 12.6.